The molecule has 17 unspecified atom stereocenters. The molecule has 19 nitrogen and oxygen atoms in total. The van der Waals surface area contributed by atoms with Crippen LogP contribution in [0.2, 0.25) is 0 Å². The van der Waals surface area contributed by atoms with Crippen LogP contribution in [0.4, 0.5) is 0 Å². The lowest BCUT2D eigenvalue weighted by Gasteiger charge is -2.48. The predicted molar refractivity (Wildman–Crippen MR) is 328 cm³/mol. The highest BCUT2D eigenvalue weighted by atomic mass is 16.8. The lowest BCUT2D eigenvalue weighted by atomic mass is 9.96. The first-order valence-electron chi connectivity index (χ1n) is 32.7. The molecule has 0 aromatic rings. The van der Waals surface area contributed by atoms with Crippen molar-refractivity contribution >= 4 is 5.91 Å². The molecule has 3 fully saturated rings. The Morgan fingerprint density at radius 1 is 0.435 bits per heavy atom. The Labute approximate surface area is 508 Å². The molecule has 3 heterocycles. The van der Waals surface area contributed by atoms with Gasteiger partial charge in [-0.15, -0.1) is 0 Å². The molecule has 1 amide bonds. The van der Waals surface area contributed by atoms with Crippen molar-refractivity contribution in [3.8, 4) is 0 Å². The van der Waals surface area contributed by atoms with Crippen molar-refractivity contribution in [1.29, 1.82) is 0 Å². The minimum atomic E-state index is -1.98. The summed E-state index contributed by atoms with van der Waals surface area (Å²) in [7, 11) is 0. The highest BCUT2D eigenvalue weighted by Gasteiger charge is 2.53. The molecular weight excluding hydrogens is 1090 g/mol. The number of hydrogen-bond donors (Lipinski definition) is 12. The van der Waals surface area contributed by atoms with E-state index < -0.39 is 124 Å². The summed E-state index contributed by atoms with van der Waals surface area (Å²) in [4.78, 5) is 13.4. The second-order valence-electron chi connectivity index (χ2n) is 23.2. The number of rotatable bonds is 48. The molecule has 3 rings (SSSR count). The molecular formula is C66H115NO18. The van der Waals surface area contributed by atoms with Gasteiger partial charge in [0, 0.05) is 6.42 Å². The Morgan fingerprint density at radius 3 is 1.27 bits per heavy atom. The van der Waals surface area contributed by atoms with Crippen molar-refractivity contribution in [3.05, 3.63) is 72.9 Å². The van der Waals surface area contributed by atoms with Gasteiger partial charge in [-0.1, -0.05) is 209 Å². The molecule has 0 aromatic carbocycles. The Hall–Kier alpha value is -2.77. The quantitative estimate of drug-likeness (QED) is 0.0209. The summed E-state index contributed by atoms with van der Waals surface area (Å²) in [6.07, 6.45) is 31.5. The molecule has 19 heteroatoms. The van der Waals surface area contributed by atoms with Gasteiger partial charge in [-0.05, 0) is 64.2 Å². The Morgan fingerprint density at radius 2 is 0.812 bits per heavy atom. The monoisotopic (exact) mass is 1210 g/mol. The topological polar surface area (TPSA) is 307 Å². The lowest BCUT2D eigenvalue weighted by molar-refractivity contribution is -0.379. The first kappa shape index (κ1) is 76.5. The fourth-order valence-corrected chi connectivity index (χ4v) is 10.7. The molecule has 85 heavy (non-hydrogen) atoms. The van der Waals surface area contributed by atoms with E-state index in [2.05, 4.69) is 79.9 Å². The molecule has 0 aliphatic carbocycles. The highest BCUT2D eigenvalue weighted by molar-refractivity contribution is 5.76. The smallest absolute Gasteiger partial charge is 0.220 e. The molecule has 0 saturated carbocycles. The normalized spacial score (nSPS) is 29.4. The minimum absolute atomic E-state index is 0.218. The number of allylic oxidation sites excluding steroid dienone is 11. The largest absolute Gasteiger partial charge is 0.394 e. The third-order valence-corrected chi connectivity index (χ3v) is 16.0. The Balaban J connectivity index is 1.49. The van der Waals surface area contributed by atoms with E-state index in [1.54, 1.807) is 6.08 Å². The van der Waals surface area contributed by atoms with Crippen LogP contribution in [0.5, 0.6) is 0 Å². The third kappa shape index (κ3) is 31.0. The summed E-state index contributed by atoms with van der Waals surface area (Å²) in [5, 5.41) is 120. The van der Waals surface area contributed by atoms with Crippen molar-refractivity contribution in [1.82, 2.24) is 5.32 Å². The number of unbranched alkanes of at least 4 members (excludes halogenated alkanes) is 22. The average molecular weight is 1210 g/mol. The van der Waals surface area contributed by atoms with Gasteiger partial charge in [0.1, 0.15) is 73.2 Å². The zero-order chi connectivity index (χ0) is 61.9. The van der Waals surface area contributed by atoms with Crippen LogP contribution < -0.4 is 5.32 Å². The SMILES string of the molecule is CC/C=C\C/C=C\C/C=C\C/C=C\C/C=C\CCCCCCCC(=O)NC(COC1OC(CO)C(OC2OC(CO)C(OC3OC(CO)C(O)C(O)C3O)C(O)C2O)C(O)C1O)C(O)/C=C/CCCCCCCCCCCCCCCCCCC. The van der Waals surface area contributed by atoms with Gasteiger partial charge in [-0.25, -0.2) is 0 Å². The van der Waals surface area contributed by atoms with Crippen LogP contribution in [0.25, 0.3) is 0 Å². The molecule has 0 bridgehead atoms. The van der Waals surface area contributed by atoms with E-state index in [9.17, 15) is 61.0 Å². The Bertz CT molecular complexity index is 1830. The Kier molecular flexibility index (Phi) is 43.3. The molecule has 12 N–H and O–H groups in total. The van der Waals surface area contributed by atoms with Crippen molar-refractivity contribution in [2.24, 2.45) is 0 Å². The van der Waals surface area contributed by atoms with Gasteiger partial charge in [-0.2, -0.15) is 0 Å². The van der Waals surface area contributed by atoms with Crippen LogP contribution in [-0.4, -0.2) is 193 Å². The van der Waals surface area contributed by atoms with Gasteiger partial charge < -0.3 is 89.9 Å². The zero-order valence-electron chi connectivity index (χ0n) is 51.6. The fraction of sp³-hybridized carbons (Fsp3) is 0.803. The maximum Gasteiger partial charge on any atom is 0.220 e. The van der Waals surface area contributed by atoms with E-state index in [1.165, 1.54) is 89.9 Å². The first-order chi connectivity index (χ1) is 41.3. The summed E-state index contributed by atoms with van der Waals surface area (Å²) < 4.78 is 34.3. The second kappa shape index (κ2) is 48.1. The number of amides is 1. The molecule has 3 aliphatic heterocycles. The first-order valence-corrected chi connectivity index (χ1v) is 32.7. The van der Waals surface area contributed by atoms with E-state index in [0.29, 0.717) is 6.42 Å². The van der Waals surface area contributed by atoms with Gasteiger partial charge in [0.05, 0.1) is 38.6 Å². The standard InChI is InChI=1S/C66H115NO18/c1-3-5-7-9-11-13-15-17-19-21-23-24-26-28-30-32-34-36-38-40-42-44-54(72)67-49(50(71)43-41-39-37-35-33-31-29-27-25-22-20-18-16-14-12-10-8-6-4-2)48-80-64-60(78)57(75)62(52(46-69)82-64)85-66-61(79)58(76)63(53(47-70)83-66)84-65-59(77)56(74)55(73)51(45-68)81-65/h5,7,11,13,17,19,23-24,28,30,41,43,49-53,55-66,68-71,73-79H,3-4,6,8-10,12,14-16,18,20-22,25-27,29,31-40,42,44-48H2,1-2H3,(H,67,72)/b7-5-,13-11-,19-17-,24-23-,30-28-,43-41+. The van der Waals surface area contributed by atoms with Crippen molar-refractivity contribution in [2.75, 3.05) is 26.4 Å². The molecule has 17 atom stereocenters. The van der Waals surface area contributed by atoms with Gasteiger partial charge in [0.25, 0.3) is 0 Å². The maximum absolute atomic E-state index is 13.4. The van der Waals surface area contributed by atoms with E-state index >= 15 is 0 Å². The van der Waals surface area contributed by atoms with E-state index in [4.69, 9.17) is 28.4 Å². The number of aliphatic hydroxyl groups is 11. The van der Waals surface area contributed by atoms with Crippen molar-refractivity contribution in [2.45, 2.75) is 311 Å². The summed E-state index contributed by atoms with van der Waals surface area (Å²) >= 11 is 0. The minimum Gasteiger partial charge on any atom is -0.394 e. The summed E-state index contributed by atoms with van der Waals surface area (Å²) in [6, 6.07) is -0.988. The molecule has 3 saturated heterocycles. The number of carbonyl (C=O) groups excluding carboxylic acids is 1. The average Bonchev–Trinajstić information content (AvgIpc) is 3.10. The summed E-state index contributed by atoms with van der Waals surface area (Å²) in [6.45, 7) is 1.60. The fourth-order valence-electron chi connectivity index (χ4n) is 10.7. The number of ether oxygens (including phenoxy) is 6. The highest BCUT2D eigenvalue weighted by Crippen LogP contribution is 2.33. The van der Waals surface area contributed by atoms with Gasteiger partial charge >= 0.3 is 0 Å². The summed E-state index contributed by atoms with van der Waals surface area (Å²) in [5.74, 6) is -0.296. The van der Waals surface area contributed by atoms with Gasteiger partial charge in [0.2, 0.25) is 5.91 Å². The third-order valence-electron chi connectivity index (χ3n) is 16.0. The van der Waals surface area contributed by atoms with E-state index in [0.717, 1.165) is 89.9 Å². The maximum atomic E-state index is 13.4. The van der Waals surface area contributed by atoms with Gasteiger partial charge in [-0.3, -0.25) is 4.79 Å². The zero-order valence-corrected chi connectivity index (χ0v) is 51.6. The van der Waals surface area contributed by atoms with Crippen LogP contribution in [0, 0.1) is 0 Å². The van der Waals surface area contributed by atoms with Crippen molar-refractivity contribution in [3.63, 3.8) is 0 Å². The number of hydrogen-bond acceptors (Lipinski definition) is 18. The van der Waals surface area contributed by atoms with Crippen LogP contribution in [0.15, 0.2) is 72.9 Å². The van der Waals surface area contributed by atoms with E-state index in [1.807, 2.05) is 6.08 Å². The lowest BCUT2D eigenvalue weighted by Crippen LogP contribution is -2.66. The molecule has 0 radical (unpaired) electrons. The van der Waals surface area contributed by atoms with Crippen LogP contribution >= 0.6 is 0 Å². The number of aliphatic hydroxyl groups excluding tert-OH is 11. The summed E-state index contributed by atoms with van der Waals surface area (Å²) in [5.41, 5.74) is 0. The molecule has 3 aliphatic rings. The second-order valence-corrected chi connectivity index (χ2v) is 23.2. The molecule has 0 aromatic heterocycles. The molecule has 492 valence electrons. The van der Waals surface area contributed by atoms with Gasteiger partial charge in [0.15, 0.2) is 18.9 Å². The predicted octanol–water partition coefficient (Wildman–Crippen LogP) is 7.38. The molecule has 0 spiro atoms. The van der Waals surface area contributed by atoms with Crippen LogP contribution in [-0.2, 0) is 33.2 Å². The van der Waals surface area contributed by atoms with E-state index in [-0.39, 0.29) is 18.9 Å². The number of nitrogens with one attached hydrogen (secondary N) is 1. The van der Waals surface area contributed by atoms with Crippen molar-refractivity contribution < 1.29 is 89.4 Å². The van der Waals surface area contributed by atoms with Crippen LogP contribution in [0.3, 0.4) is 0 Å². The van der Waals surface area contributed by atoms with Crippen LogP contribution in [0.1, 0.15) is 206 Å². The number of carbonyl (C=O) groups is 1.